The lowest BCUT2D eigenvalue weighted by atomic mass is 9.92. The lowest BCUT2D eigenvalue weighted by molar-refractivity contribution is -0.141. The molecule has 1 amide bonds. The summed E-state index contributed by atoms with van der Waals surface area (Å²) in [6.45, 7) is 6.47. The van der Waals surface area contributed by atoms with Crippen molar-refractivity contribution < 1.29 is 57.4 Å². The van der Waals surface area contributed by atoms with Gasteiger partial charge in [0.05, 0.1) is 37.6 Å². The van der Waals surface area contributed by atoms with Crippen LogP contribution in [0.15, 0.2) is 81.0 Å². The maximum Gasteiger partial charge on any atom is 0.435 e. The van der Waals surface area contributed by atoms with Gasteiger partial charge in [-0.25, -0.2) is 16.8 Å². The van der Waals surface area contributed by atoms with E-state index in [0.717, 1.165) is 28.0 Å². The molecule has 0 saturated carbocycles. The fourth-order valence-corrected chi connectivity index (χ4v) is 10.8. The second-order valence-electron chi connectivity index (χ2n) is 14.9. The Balaban J connectivity index is 0.000000221. The third-order valence-corrected chi connectivity index (χ3v) is 15.6. The van der Waals surface area contributed by atoms with Gasteiger partial charge in [0, 0.05) is 20.3 Å². The van der Waals surface area contributed by atoms with Crippen molar-refractivity contribution in [3.63, 3.8) is 0 Å². The normalized spacial score (nSPS) is 24.5. The molecule has 3 aliphatic heterocycles. The van der Waals surface area contributed by atoms with Crippen molar-refractivity contribution in [2.24, 2.45) is 4.99 Å². The molecule has 4 heterocycles. The molecule has 11 nitrogen and oxygen atoms in total. The first-order valence-electron chi connectivity index (χ1n) is 17.9. The molecular formula is C38H44F6N4O7S2. The van der Waals surface area contributed by atoms with Crippen LogP contribution < -0.4 is 5.32 Å². The van der Waals surface area contributed by atoms with E-state index in [0.29, 0.717) is 12.0 Å². The molecule has 2 saturated heterocycles. The third-order valence-electron chi connectivity index (χ3n) is 10.5. The van der Waals surface area contributed by atoms with Crippen molar-refractivity contribution in [2.75, 3.05) is 26.8 Å². The Morgan fingerprint density at radius 1 is 0.825 bits per heavy atom. The number of hydrogen-bond donors (Lipinski definition) is 1. The molecule has 6 rings (SSSR count). The Labute approximate surface area is 327 Å². The fraction of sp³-hybridized carbons (Fsp3) is 0.500. The number of carbonyl (C=O) groups is 1. The van der Waals surface area contributed by atoms with Gasteiger partial charge >= 0.3 is 12.4 Å². The van der Waals surface area contributed by atoms with Crippen LogP contribution in [0.1, 0.15) is 68.1 Å². The quantitative estimate of drug-likeness (QED) is 0.247. The van der Waals surface area contributed by atoms with Gasteiger partial charge in [-0.1, -0.05) is 24.3 Å². The van der Waals surface area contributed by atoms with E-state index in [9.17, 15) is 48.0 Å². The average Bonchev–Trinajstić information content (AvgIpc) is 3.81. The van der Waals surface area contributed by atoms with Crippen LogP contribution in [0.3, 0.4) is 0 Å². The van der Waals surface area contributed by atoms with Crippen LogP contribution in [0.5, 0.6) is 0 Å². The van der Waals surface area contributed by atoms with Gasteiger partial charge in [0.2, 0.25) is 5.91 Å². The Bertz CT molecular complexity index is 2270. The second kappa shape index (κ2) is 16.3. The summed E-state index contributed by atoms with van der Waals surface area (Å²) in [5.41, 5.74) is -0.0931. The van der Waals surface area contributed by atoms with Crippen LogP contribution in [-0.4, -0.2) is 86.8 Å². The number of carbonyl (C=O) groups excluding carboxylic acids is 1. The number of nitrogens with zero attached hydrogens (tertiary/aromatic N) is 3. The number of amides is 1. The predicted molar refractivity (Wildman–Crippen MR) is 198 cm³/mol. The topological polar surface area (TPSA) is 146 Å². The first-order valence-corrected chi connectivity index (χ1v) is 20.9. The molecule has 57 heavy (non-hydrogen) atoms. The summed E-state index contributed by atoms with van der Waals surface area (Å²) in [6.07, 6.45) is -9.37. The SMILES string of the molecule is CNC(=O)Cn1nc(C(F)(F)F)cc1C1CC(C)(S(=O)(=O)c2cccc(C)c2)CCO1.Cc1cccc(S(=O)(=O)C2(C)CCOC(C3=CC(C(F)(F)F)=NC3)C2)c1. The number of nitrogens with one attached hydrogen (secondary N) is 1. The number of hydrogen-bond acceptors (Lipinski definition) is 9. The van der Waals surface area contributed by atoms with E-state index in [1.54, 1.807) is 57.2 Å². The summed E-state index contributed by atoms with van der Waals surface area (Å²) < 4.78 is 141. The lowest BCUT2D eigenvalue weighted by Gasteiger charge is -2.38. The highest BCUT2D eigenvalue weighted by Crippen LogP contribution is 2.43. The molecule has 19 heteroatoms. The summed E-state index contributed by atoms with van der Waals surface area (Å²) in [4.78, 5) is 15.7. The highest BCUT2D eigenvalue weighted by Gasteiger charge is 2.48. The number of likely N-dealkylation sites (N-methyl/N-ethyl adjacent to an activating group) is 1. The molecule has 0 spiro atoms. The highest BCUT2D eigenvalue weighted by molar-refractivity contribution is 7.93. The van der Waals surface area contributed by atoms with Crippen molar-refractivity contribution >= 4 is 31.3 Å². The number of aliphatic imine (C=N–C) groups is 1. The van der Waals surface area contributed by atoms with Crippen molar-refractivity contribution in [1.82, 2.24) is 15.1 Å². The number of aryl methyl sites for hydroxylation is 2. The molecule has 0 bridgehead atoms. The van der Waals surface area contributed by atoms with Gasteiger partial charge in [-0.3, -0.25) is 14.5 Å². The summed E-state index contributed by atoms with van der Waals surface area (Å²) >= 11 is 0. The van der Waals surface area contributed by atoms with Crippen LogP contribution >= 0.6 is 0 Å². The van der Waals surface area contributed by atoms with E-state index in [1.165, 1.54) is 13.1 Å². The summed E-state index contributed by atoms with van der Waals surface area (Å²) in [7, 11) is -6.09. The minimum atomic E-state index is -4.71. The number of aromatic nitrogens is 2. The first-order chi connectivity index (χ1) is 26.4. The third kappa shape index (κ3) is 9.47. The molecule has 1 aromatic heterocycles. The van der Waals surface area contributed by atoms with Crippen LogP contribution in [0.25, 0.3) is 0 Å². The largest absolute Gasteiger partial charge is 0.435 e. The Kier molecular flexibility index (Phi) is 12.6. The molecule has 0 radical (unpaired) electrons. The number of allylic oxidation sites excluding steroid dienone is 1. The molecular weight excluding hydrogens is 803 g/mol. The van der Waals surface area contributed by atoms with Crippen molar-refractivity contribution in [3.05, 3.63) is 88.8 Å². The van der Waals surface area contributed by atoms with Gasteiger partial charge in [-0.2, -0.15) is 31.4 Å². The van der Waals surface area contributed by atoms with Crippen LogP contribution in [0, 0.1) is 13.8 Å². The molecule has 3 aromatic rings. The molecule has 2 fully saturated rings. The van der Waals surface area contributed by atoms with E-state index in [-0.39, 0.29) is 54.5 Å². The molecule has 1 N–H and O–H groups in total. The van der Waals surface area contributed by atoms with E-state index in [1.807, 2.05) is 13.0 Å². The smallest absolute Gasteiger partial charge is 0.374 e. The number of benzene rings is 2. The van der Waals surface area contributed by atoms with Crippen molar-refractivity contribution in [2.45, 2.75) is 104 Å². The Morgan fingerprint density at radius 2 is 1.33 bits per heavy atom. The van der Waals surface area contributed by atoms with Crippen molar-refractivity contribution in [3.8, 4) is 0 Å². The summed E-state index contributed by atoms with van der Waals surface area (Å²) in [6, 6.07) is 14.0. The highest BCUT2D eigenvalue weighted by atomic mass is 32.2. The number of ether oxygens (including phenoxy) is 2. The first kappa shape index (κ1) is 44.0. The molecule has 0 aliphatic carbocycles. The fourth-order valence-electron chi connectivity index (χ4n) is 6.97. The minimum Gasteiger partial charge on any atom is -0.374 e. The van der Waals surface area contributed by atoms with Gasteiger partial charge in [0.25, 0.3) is 0 Å². The van der Waals surface area contributed by atoms with Gasteiger partial charge in [0.15, 0.2) is 25.4 Å². The van der Waals surface area contributed by atoms with Crippen LogP contribution in [-0.2, 0) is 46.7 Å². The number of sulfone groups is 2. The average molecular weight is 847 g/mol. The predicted octanol–water partition coefficient (Wildman–Crippen LogP) is 6.69. The van der Waals surface area contributed by atoms with E-state index < -0.39 is 77.6 Å². The molecule has 4 unspecified atom stereocenters. The second-order valence-corrected chi connectivity index (χ2v) is 19.8. The Hall–Kier alpha value is -4.07. The van der Waals surface area contributed by atoms with Crippen molar-refractivity contribution in [1.29, 1.82) is 0 Å². The summed E-state index contributed by atoms with van der Waals surface area (Å²) in [5.74, 6) is -0.538. The van der Waals surface area contributed by atoms with Crippen LogP contribution in [0.4, 0.5) is 26.3 Å². The zero-order valence-corrected chi connectivity index (χ0v) is 33.5. The maximum absolute atomic E-state index is 13.4. The zero-order valence-electron chi connectivity index (χ0n) is 31.9. The zero-order chi connectivity index (χ0) is 42.2. The van der Waals surface area contributed by atoms with Gasteiger partial charge in [0.1, 0.15) is 18.4 Å². The van der Waals surface area contributed by atoms with Gasteiger partial charge in [-0.05, 0) is 106 Å². The van der Waals surface area contributed by atoms with E-state index in [4.69, 9.17) is 9.47 Å². The van der Waals surface area contributed by atoms with Gasteiger partial charge < -0.3 is 14.8 Å². The maximum atomic E-state index is 13.4. The molecule has 3 aliphatic rings. The lowest BCUT2D eigenvalue weighted by Crippen LogP contribution is -2.45. The van der Waals surface area contributed by atoms with Gasteiger partial charge in [-0.15, -0.1) is 0 Å². The number of alkyl halides is 6. The van der Waals surface area contributed by atoms with Crippen LogP contribution in [0.2, 0.25) is 0 Å². The molecule has 4 atom stereocenters. The van der Waals surface area contributed by atoms with E-state index >= 15 is 0 Å². The monoisotopic (exact) mass is 846 g/mol. The number of halogens is 6. The number of rotatable bonds is 8. The van der Waals surface area contributed by atoms with E-state index in [2.05, 4.69) is 15.4 Å². The molecule has 2 aromatic carbocycles. The standard InChI is InChI=1S/C20H24F3N3O4S.C18H20F3NO3S/c1-13-5-4-6-14(9-13)31(28,29)19(2)7-8-30-16(11-19)15-10-17(20(21,22)23)25-26(15)12-18(27)24-3;1-12-4-3-5-14(8-12)26(23,24)17(2)6-7-25-15(10-17)13-9-16(22-11-13)18(19,20)21/h4-6,9-10,16H,7-8,11-12H2,1-3H3,(H,24,27);3-5,8-9,15H,6-7,10-11H2,1-2H3. The minimum absolute atomic E-state index is 0.0151. The molecule has 312 valence electrons. The Morgan fingerprint density at radius 3 is 1.79 bits per heavy atom. The summed E-state index contributed by atoms with van der Waals surface area (Å²) in [5, 5.41) is 5.87.